The molecule has 6 heteroatoms. The smallest absolute Gasteiger partial charge is 0.254 e. The molecule has 0 amide bonds. The van der Waals surface area contributed by atoms with E-state index in [1.54, 1.807) is 12.1 Å². The molecule has 1 aliphatic heterocycles. The first-order valence-corrected chi connectivity index (χ1v) is 6.13. The summed E-state index contributed by atoms with van der Waals surface area (Å²) in [5.74, 6) is -0.0149. The normalized spacial score (nSPS) is 21.1. The number of fused-ring (bicyclic) bond motifs is 1. The number of aliphatic hydroxyl groups is 1. The predicted molar refractivity (Wildman–Crippen MR) is 69.9 cm³/mol. The Bertz CT molecular complexity index is 709. The van der Waals surface area contributed by atoms with E-state index in [1.165, 1.54) is 18.3 Å². The summed E-state index contributed by atoms with van der Waals surface area (Å²) in [6.45, 7) is 0. The SMILES string of the molecule is O=c1[nH]cccc1[C@@H]1Oc2cc(O)cc(O)c2C[C@@H]1O. The molecule has 0 saturated carbocycles. The number of hydrogen-bond acceptors (Lipinski definition) is 5. The summed E-state index contributed by atoms with van der Waals surface area (Å²) in [6, 6.07) is 5.75. The number of benzene rings is 1. The molecule has 2 heterocycles. The lowest BCUT2D eigenvalue weighted by atomic mass is 9.95. The lowest BCUT2D eigenvalue weighted by Crippen LogP contribution is -2.34. The van der Waals surface area contributed by atoms with Gasteiger partial charge in [-0.3, -0.25) is 4.79 Å². The molecule has 1 aromatic carbocycles. The van der Waals surface area contributed by atoms with Crippen LogP contribution in [-0.2, 0) is 6.42 Å². The van der Waals surface area contributed by atoms with Gasteiger partial charge in [0, 0.05) is 30.3 Å². The standard InChI is InChI=1S/C14H13NO5/c16-7-4-10(17)9-6-11(18)13(20-12(9)5-7)8-2-1-3-15-14(8)19/h1-5,11,13,16-18H,6H2,(H,15,19)/t11-,13-/m0/s1. The van der Waals surface area contributed by atoms with Gasteiger partial charge in [-0.05, 0) is 12.1 Å². The van der Waals surface area contributed by atoms with Gasteiger partial charge < -0.3 is 25.0 Å². The molecule has 20 heavy (non-hydrogen) atoms. The Morgan fingerprint density at radius 1 is 1.30 bits per heavy atom. The minimum Gasteiger partial charge on any atom is -0.508 e. The maximum atomic E-state index is 11.8. The van der Waals surface area contributed by atoms with E-state index in [0.29, 0.717) is 11.1 Å². The van der Waals surface area contributed by atoms with Crippen LogP contribution >= 0.6 is 0 Å². The number of rotatable bonds is 1. The zero-order valence-electron chi connectivity index (χ0n) is 10.4. The number of aliphatic hydroxyl groups excluding tert-OH is 1. The van der Waals surface area contributed by atoms with E-state index in [-0.39, 0.29) is 29.2 Å². The molecule has 0 saturated heterocycles. The van der Waals surface area contributed by atoms with E-state index >= 15 is 0 Å². The van der Waals surface area contributed by atoms with Gasteiger partial charge in [-0.15, -0.1) is 0 Å². The van der Waals surface area contributed by atoms with Gasteiger partial charge in [-0.1, -0.05) is 0 Å². The minimum absolute atomic E-state index is 0.139. The van der Waals surface area contributed by atoms with Crippen molar-refractivity contribution in [1.29, 1.82) is 0 Å². The van der Waals surface area contributed by atoms with Gasteiger partial charge in [0.05, 0.1) is 11.7 Å². The van der Waals surface area contributed by atoms with Crippen molar-refractivity contribution < 1.29 is 20.1 Å². The van der Waals surface area contributed by atoms with E-state index in [0.717, 1.165) is 0 Å². The van der Waals surface area contributed by atoms with Crippen LogP contribution in [0.5, 0.6) is 17.2 Å². The van der Waals surface area contributed by atoms with Crippen LogP contribution in [0.2, 0.25) is 0 Å². The second-order valence-electron chi connectivity index (χ2n) is 4.71. The summed E-state index contributed by atoms with van der Waals surface area (Å²) < 4.78 is 5.58. The zero-order chi connectivity index (χ0) is 14.3. The van der Waals surface area contributed by atoms with E-state index < -0.39 is 12.2 Å². The van der Waals surface area contributed by atoms with E-state index in [4.69, 9.17) is 4.74 Å². The number of aromatic amines is 1. The second-order valence-corrected chi connectivity index (χ2v) is 4.71. The maximum absolute atomic E-state index is 11.8. The zero-order valence-corrected chi connectivity index (χ0v) is 10.4. The molecule has 1 aromatic heterocycles. The summed E-state index contributed by atoms with van der Waals surface area (Å²) in [5, 5.41) is 29.4. The van der Waals surface area contributed by atoms with Gasteiger partial charge in [0.15, 0.2) is 6.10 Å². The topological polar surface area (TPSA) is 103 Å². The van der Waals surface area contributed by atoms with Gasteiger partial charge in [0.25, 0.3) is 5.56 Å². The molecule has 0 fully saturated rings. The average molecular weight is 275 g/mol. The van der Waals surface area contributed by atoms with Crippen molar-refractivity contribution in [2.24, 2.45) is 0 Å². The second kappa shape index (κ2) is 4.57. The molecule has 2 aromatic rings. The van der Waals surface area contributed by atoms with E-state index in [2.05, 4.69) is 4.98 Å². The number of H-pyrrole nitrogens is 1. The number of aromatic hydroxyl groups is 2. The summed E-state index contributed by atoms with van der Waals surface area (Å²) >= 11 is 0. The maximum Gasteiger partial charge on any atom is 0.254 e. The van der Waals surface area contributed by atoms with Gasteiger partial charge in [-0.25, -0.2) is 0 Å². The molecule has 0 unspecified atom stereocenters. The quantitative estimate of drug-likeness (QED) is 0.617. The molecule has 3 rings (SSSR count). The number of phenols is 2. The molecular weight excluding hydrogens is 262 g/mol. The molecule has 4 N–H and O–H groups in total. The van der Waals surface area contributed by atoms with Crippen LogP contribution in [0.3, 0.4) is 0 Å². The lowest BCUT2D eigenvalue weighted by molar-refractivity contribution is 0.0190. The third kappa shape index (κ3) is 2.00. The Kier molecular flexibility index (Phi) is 2.87. The van der Waals surface area contributed by atoms with Crippen molar-refractivity contribution >= 4 is 0 Å². The highest BCUT2D eigenvalue weighted by atomic mass is 16.5. The van der Waals surface area contributed by atoms with Crippen LogP contribution in [0.4, 0.5) is 0 Å². The van der Waals surface area contributed by atoms with Crippen molar-refractivity contribution in [3.8, 4) is 17.2 Å². The van der Waals surface area contributed by atoms with Gasteiger partial charge in [0.1, 0.15) is 17.2 Å². The lowest BCUT2D eigenvalue weighted by Gasteiger charge is -2.30. The number of nitrogens with one attached hydrogen (secondary N) is 1. The number of hydrogen-bond donors (Lipinski definition) is 4. The highest BCUT2D eigenvalue weighted by molar-refractivity contribution is 5.51. The number of aromatic nitrogens is 1. The summed E-state index contributed by atoms with van der Waals surface area (Å²) in [7, 11) is 0. The van der Waals surface area contributed by atoms with Crippen LogP contribution in [0.15, 0.2) is 35.3 Å². The molecule has 1 aliphatic rings. The molecule has 0 radical (unpaired) electrons. The molecule has 104 valence electrons. The molecular formula is C14H13NO5. The molecule has 0 spiro atoms. The largest absolute Gasteiger partial charge is 0.508 e. The fourth-order valence-corrected chi connectivity index (χ4v) is 2.39. The highest BCUT2D eigenvalue weighted by Gasteiger charge is 2.33. The number of pyridine rings is 1. The van der Waals surface area contributed by atoms with Crippen LogP contribution in [0.25, 0.3) is 0 Å². The number of phenolic OH excluding ortho intramolecular Hbond substituents is 2. The van der Waals surface area contributed by atoms with E-state index in [1.807, 2.05) is 0 Å². The predicted octanol–water partition coefficient (Wildman–Crippen LogP) is 0.823. The van der Waals surface area contributed by atoms with Crippen molar-refractivity contribution in [1.82, 2.24) is 4.98 Å². The van der Waals surface area contributed by atoms with E-state index in [9.17, 15) is 20.1 Å². The molecule has 6 nitrogen and oxygen atoms in total. The van der Waals surface area contributed by atoms with Crippen molar-refractivity contribution in [3.05, 3.63) is 51.9 Å². The van der Waals surface area contributed by atoms with Crippen LogP contribution in [-0.4, -0.2) is 26.4 Å². The van der Waals surface area contributed by atoms with Gasteiger partial charge >= 0.3 is 0 Å². The van der Waals surface area contributed by atoms with Gasteiger partial charge in [-0.2, -0.15) is 0 Å². The minimum atomic E-state index is -0.957. The van der Waals surface area contributed by atoms with Crippen LogP contribution in [0.1, 0.15) is 17.2 Å². The summed E-state index contributed by atoms with van der Waals surface area (Å²) in [6.07, 6.45) is -0.164. The first kappa shape index (κ1) is 12.6. The van der Waals surface area contributed by atoms with Crippen molar-refractivity contribution in [3.63, 3.8) is 0 Å². The molecule has 0 bridgehead atoms. The monoisotopic (exact) mass is 275 g/mol. The number of ether oxygens (including phenoxy) is 1. The van der Waals surface area contributed by atoms with Crippen molar-refractivity contribution in [2.45, 2.75) is 18.6 Å². The third-order valence-corrected chi connectivity index (χ3v) is 3.34. The van der Waals surface area contributed by atoms with Crippen LogP contribution < -0.4 is 10.3 Å². The highest BCUT2D eigenvalue weighted by Crippen LogP contribution is 2.41. The Morgan fingerprint density at radius 3 is 2.85 bits per heavy atom. The molecule has 2 atom stereocenters. The fourth-order valence-electron chi connectivity index (χ4n) is 2.39. The Hall–Kier alpha value is -2.47. The Balaban J connectivity index is 2.05. The summed E-state index contributed by atoms with van der Waals surface area (Å²) in [5.41, 5.74) is 0.372. The fraction of sp³-hybridized carbons (Fsp3) is 0.214. The summed E-state index contributed by atoms with van der Waals surface area (Å²) in [4.78, 5) is 14.3. The third-order valence-electron chi connectivity index (χ3n) is 3.34. The average Bonchev–Trinajstić information content (AvgIpc) is 2.40. The first-order valence-electron chi connectivity index (χ1n) is 6.13. The molecule has 0 aliphatic carbocycles. The Morgan fingerprint density at radius 2 is 2.10 bits per heavy atom. The Labute approximate surface area is 113 Å². The first-order chi connectivity index (χ1) is 9.56. The van der Waals surface area contributed by atoms with Gasteiger partial charge in [0.2, 0.25) is 0 Å². The van der Waals surface area contributed by atoms with Crippen molar-refractivity contribution in [2.75, 3.05) is 0 Å². The van der Waals surface area contributed by atoms with Crippen LogP contribution in [0, 0.1) is 0 Å².